The number of benzene rings is 2. The smallest absolute Gasteiger partial charge is 0.321 e. The Morgan fingerprint density at radius 2 is 1.79 bits per heavy atom. The van der Waals surface area contributed by atoms with Crippen LogP contribution in [0, 0.1) is 5.82 Å². The van der Waals surface area contributed by atoms with Gasteiger partial charge in [-0.2, -0.15) is 13.2 Å². The summed E-state index contributed by atoms with van der Waals surface area (Å²) in [5, 5.41) is 2.16. The number of rotatable bonds is 5. The Labute approximate surface area is 166 Å². The summed E-state index contributed by atoms with van der Waals surface area (Å²) < 4.78 is 77.8. The van der Waals surface area contributed by atoms with Gasteiger partial charge in [0.05, 0.1) is 23.2 Å². The Kier molecular flexibility index (Phi) is 6.50. The first-order valence-electron chi connectivity index (χ1n) is 7.48. The Balaban J connectivity index is 2.32. The fourth-order valence-corrected chi connectivity index (χ4v) is 3.05. The zero-order valence-corrected chi connectivity index (χ0v) is 16.5. The van der Waals surface area contributed by atoms with Crippen molar-refractivity contribution in [3.63, 3.8) is 0 Å². The second-order valence-corrected chi connectivity index (χ2v) is 8.28. The highest BCUT2D eigenvalue weighted by Gasteiger charge is 2.31. The van der Waals surface area contributed by atoms with Gasteiger partial charge < -0.3 is 5.32 Å². The van der Waals surface area contributed by atoms with Crippen LogP contribution in [0.3, 0.4) is 0 Å². The van der Waals surface area contributed by atoms with Crippen LogP contribution in [-0.2, 0) is 21.0 Å². The van der Waals surface area contributed by atoms with E-state index in [1.165, 1.54) is 18.2 Å². The zero-order chi connectivity index (χ0) is 21.1. The molecule has 5 nitrogen and oxygen atoms in total. The standard InChI is InChI=1S/C17H13BrF4N2O3S/c1-28(26,27)24-14-6-3-11(17(20,21)22)9-15(14)23-16(25)7-2-10-8-12(18)4-5-13(10)19/h2-9,24H,1H3,(H,23,25). The summed E-state index contributed by atoms with van der Waals surface area (Å²) in [5.41, 5.74) is -1.65. The maximum absolute atomic E-state index is 13.7. The maximum atomic E-state index is 13.7. The Bertz CT molecular complexity index is 1040. The number of amides is 1. The number of anilines is 2. The summed E-state index contributed by atoms with van der Waals surface area (Å²) in [6.07, 6.45) is -1.84. The molecule has 1 amide bonds. The molecule has 150 valence electrons. The molecular weight excluding hydrogens is 468 g/mol. The molecule has 2 N–H and O–H groups in total. The van der Waals surface area contributed by atoms with Crippen molar-refractivity contribution in [1.82, 2.24) is 0 Å². The van der Waals surface area contributed by atoms with Crippen LogP contribution in [0.15, 0.2) is 46.9 Å². The first-order chi connectivity index (χ1) is 12.8. The molecule has 0 saturated heterocycles. The van der Waals surface area contributed by atoms with E-state index in [-0.39, 0.29) is 11.3 Å². The predicted octanol–water partition coefficient (Wildman–Crippen LogP) is 4.63. The quantitative estimate of drug-likeness (QED) is 0.483. The molecule has 0 aromatic heterocycles. The highest BCUT2D eigenvalue weighted by molar-refractivity contribution is 9.10. The van der Waals surface area contributed by atoms with E-state index < -0.39 is 39.2 Å². The molecule has 2 rings (SSSR count). The molecular formula is C17H13BrF4N2O3S. The summed E-state index contributed by atoms with van der Waals surface area (Å²) in [6.45, 7) is 0. The van der Waals surface area contributed by atoms with Crippen molar-refractivity contribution in [2.45, 2.75) is 6.18 Å². The van der Waals surface area contributed by atoms with Gasteiger partial charge in [0.2, 0.25) is 15.9 Å². The first-order valence-corrected chi connectivity index (χ1v) is 10.2. The van der Waals surface area contributed by atoms with Crippen LogP contribution in [0.4, 0.5) is 28.9 Å². The molecule has 0 heterocycles. The van der Waals surface area contributed by atoms with Gasteiger partial charge in [-0.25, -0.2) is 12.8 Å². The van der Waals surface area contributed by atoms with E-state index in [1.54, 1.807) is 0 Å². The van der Waals surface area contributed by atoms with Crippen molar-refractivity contribution >= 4 is 49.3 Å². The van der Waals surface area contributed by atoms with Gasteiger partial charge in [0.15, 0.2) is 0 Å². The van der Waals surface area contributed by atoms with Crippen molar-refractivity contribution in [3.8, 4) is 0 Å². The highest BCUT2D eigenvalue weighted by Crippen LogP contribution is 2.34. The molecule has 0 aliphatic rings. The van der Waals surface area contributed by atoms with Gasteiger partial charge in [-0.15, -0.1) is 0 Å². The van der Waals surface area contributed by atoms with Gasteiger partial charge in [0, 0.05) is 16.1 Å². The van der Waals surface area contributed by atoms with Gasteiger partial charge >= 0.3 is 6.18 Å². The largest absolute Gasteiger partial charge is 0.416 e. The van der Waals surface area contributed by atoms with E-state index in [2.05, 4.69) is 21.2 Å². The molecule has 2 aromatic rings. The number of hydrogen-bond acceptors (Lipinski definition) is 3. The second kappa shape index (κ2) is 8.31. The lowest BCUT2D eigenvalue weighted by molar-refractivity contribution is -0.137. The van der Waals surface area contributed by atoms with E-state index in [1.807, 2.05) is 4.72 Å². The fraction of sp³-hybridized carbons (Fsp3) is 0.118. The van der Waals surface area contributed by atoms with Gasteiger partial charge in [0.25, 0.3) is 0 Å². The third kappa shape index (κ3) is 6.34. The van der Waals surface area contributed by atoms with Crippen LogP contribution < -0.4 is 10.0 Å². The molecule has 11 heteroatoms. The van der Waals surface area contributed by atoms with Crippen LogP contribution in [0.2, 0.25) is 0 Å². The predicted molar refractivity (Wildman–Crippen MR) is 102 cm³/mol. The lowest BCUT2D eigenvalue weighted by atomic mass is 10.1. The number of hydrogen-bond donors (Lipinski definition) is 2. The van der Waals surface area contributed by atoms with Crippen LogP contribution in [0.25, 0.3) is 6.08 Å². The van der Waals surface area contributed by atoms with Crippen molar-refractivity contribution in [1.29, 1.82) is 0 Å². The topological polar surface area (TPSA) is 75.3 Å². The normalized spacial score (nSPS) is 12.2. The van der Waals surface area contributed by atoms with E-state index >= 15 is 0 Å². The first kappa shape index (κ1) is 21.9. The van der Waals surface area contributed by atoms with Crippen LogP contribution in [0.5, 0.6) is 0 Å². The molecule has 0 bridgehead atoms. The molecule has 0 aliphatic heterocycles. The zero-order valence-electron chi connectivity index (χ0n) is 14.1. The number of sulfonamides is 1. The Hall–Kier alpha value is -2.40. The van der Waals surface area contributed by atoms with Gasteiger partial charge in [-0.3, -0.25) is 9.52 Å². The molecule has 0 radical (unpaired) electrons. The fourth-order valence-electron chi connectivity index (χ4n) is 2.09. The molecule has 0 aliphatic carbocycles. The van der Waals surface area contributed by atoms with Gasteiger partial charge in [-0.05, 0) is 42.5 Å². The van der Waals surface area contributed by atoms with E-state index in [0.29, 0.717) is 16.6 Å². The average Bonchev–Trinajstić information content (AvgIpc) is 2.55. The molecule has 0 fully saturated rings. The van der Waals surface area contributed by atoms with E-state index in [4.69, 9.17) is 0 Å². The minimum atomic E-state index is -4.70. The SMILES string of the molecule is CS(=O)(=O)Nc1ccc(C(F)(F)F)cc1NC(=O)C=Cc1cc(Br)ccc1F. The van der Waals surface area contributed by atoms with Crippen molar-refractivity contribution in [2.75, 3.05) is 16.3 Å². The Morgan fingerprint density at radius 3 is 2.39 bits per heavy atom. The molecule has 28 heavy (non-hydrogen) atoms. The lowest BCUT2D eigenvalue weighted by Gasteiger charge is -2.14. The van der Waals surface area contributed by atoms with Crippen LogP contribution in [-0.4, -0.2) is 20.6 Å². The highest BCUT2D eigenvalue weighted by atomic mass is 79.9. The summed E-state index contributed by atoms with van der Waals surface area (Å²) in [7, 11) is -3.80. The van der Waals surface area contributed by atoms with Crippen molar-refractivity contribution < 1.29 is 30.8 Å². The van der Waals surface area contributed by atoms with E-state index in [0.717, 1.165) is 24.5 Å². The van der Waals surface area contributed by atoms with Gasteiger partial charge in [-0.1, -0.05) is 15.9 Å². The number of halogens is 5. The van der Waals surface area contributed by atoms with Crippen LogP contribution >= 0.6 is 15.9 Å². The Morgan fingerprint density at radius 1 is 1.11 bits per heavy atom. The van der Waals surface area contributed by atoms with Crippen molar-refractivity contribution in [2.24, 2.45) is 0 Å². The third-order valence-corrected chi connectivity index (χ3v) is 4.36. The summed E-state index contributed by atoms with van der Waals surface area (Å²) in [6, 6.07) is 6.19. The summed E-state index contributed by atoms with van der Waals surface area (Å²) >= 11 is 3.15. The lowest BCUT2D eigenvalue weighted by Crippen LogP contribution is -2.16. The summed E-state index contributed by atoms with van der Waals surface area (Å²) in [4.78, 5) is 12.1. The van der Waals surface area contributed by atoms with Crippen molar-refractivity contribution in [3.05, 3.63) is 63.9 Å². The number of alkyl halides is 3. The minimum Gasteiger partial charge on any atom is -0.321 e. The van der Waals surface area contributed by atoms with Crippen LogP contribution in [0.1, 0.15) is 11.1 Å². The molecule has 2 aromatic carbocycles. The van der Waals surface area contributed by atoms with Gasteiger partial charge in [0.1, 0.15) is 5.82 Å². The summed E-state index contributed by atoms with van der Waals surface area (Å²) in [5.74, 6) is -1.49. The number of nitrogens with one attached hydrogen (secondary N) is 2. The average molecular weight is 481 g/mol. The molecule has 0 saturated carbocycles. The second-order valence-electron chi connectivity index (χ2n) is 5.62. The molecule has 0 unspecified atom stereocenters. The third-order valence-electron chi connectivity index (χ3n) is 3.27. The minimum absolute atomic E-state index is 0.0723. The molecule has 0 spiro atoms. The number of carbonyl (C=O) groups is 1. The number of carbonyl (C=O) groups excluding carboxylic acids is 1. The maximum Gasteiger partial charge on any atom is 0.416 e. The van der Waals surface area contributed by atoms with E-state index in [9.17, 15) is 30.8 Å². The monoisotopic (exact) mass is 480 g/mol. The molecule has 0 atom stereocenters.